The summed E-state index contributed by atoms with van der Waals surface area (Å²) in [5, 5.41) is 0.701. The minimum absolute atomic E-state index is 0.00731. The van der Waals surface area contributed by atoms with Crippen molar-refractivity contribution in [1.29, 1.82) is 0 Å². The number of thiazole rings is 1. The SMILES string of the molecule is CCN(CC)Cc1sc(=O)[nH]c1-c1ccc(Cl)cc1. The molecule has 1 aromatic heterocycles. The molecule has 2 aromatic rings. The molecule has 0 fully saturated rings. The van der Waals surface area contributed by atoms with E-state index < -0.39 is 0 Å². The van der Waals surface area contributed by atoms with Crippen LogP contribution < -0.4 is 4.87 Å². The third-order valence-corrected chi connectivity index (χ3v) is 4.24. The molecule has 0 saturated heterocycles. The summed E-state index contributed by atoms with van der Waals surface area (Å²) in [6.07, 6.45) is 0. The molecule has 1 aromatic carbocycles. The summed E-state index contributed by atoms with van der Waals surface area (Å²) in [5.41, 5.74) is 1.92. The highest BCUT2D eigenvalue weighted by Crippen LogP contribution is 2.25. The summed E-state index contributed by atoms with van der Waals surface area (Å²) in [6.45, 7) is 7.00. The van der Waals surface area contributed by atoms with Crippen LogP contribution in [0.5, 0.6) is 0 Å². The molecule has 0 aliphatic rings. The van der Waals surface area contributed by atoms with Gasteiger partial charge in [0.1, 0.15) is 0 Å². The van der Waals surface area contributed by atoms with Gasteiger partial charge in [0.25, 0.3) is 0 Å². The largest absolute Gasteiger partial charge is 0.312 e. The topological polar surface area (TPSA) is 36.1 Å². The van der Waals surface area contributed by atoms with Gasteiger partial charge in [-0.2, -0.15) is 0 Å². The minimum atomic E-state index is -0.00731. The van der Waals surface area contributed by atoms with Crippen LogP contribution in [0.2, 0.25) is 5.02 Å². The number of H-pyrrole nitrogens is 1. The van der Waals surface area contributed by atoms with E-state index in [2.05, 4.69) is 23.7 Å². The predicted octanol–water partition coefficient (Wildman–Crippen LogP) is 3.60. The number of hydrogen-bond acceptors (Lipinski definition) is 3. The van der Waals surface area contributed by atoms with Gasteiger partial charge in [-0.15, -0.1) is 0 Å². The molecule has 0 unspecified atom stereocenters. The van der Waals surface area contributed by atoms with E-state index in [1.807, 2.05) is 24.3 Å². The molecular formula is C14H17ClN2OS. The van der Waals surface area contributed by atoms with Crippen LogP contribution in [0, 0.1) is 0 Å². The van der Waals surface area contributed by atoms with Crippen LogP contribution in [0.25, 0.3) is 11.3 Å². The van der Waals surface area contributed by atoms with E-state index in [1.165, 1.54) is 11.3 Å². The van der Waals surface area contributed by atoms with Crippen molar-refractivity contribution in [3.05, 3.63) is 43.8 Å². The maximum atomic E-state index is 11.6. The number of aromatic amines is 1. The molecule has 5 heteroatoms. The number of nitrogens with one attached hydrogen (secondary N) is 1. The Hall–Kier alpha value is -1.10. The maximum Gasteiger partial charge on any atom is 0.305 e. The van der Waals surface area contributed by atoms with Gasteiger partial charge >= 0.3 is 4.87 Å². The van der Waals surface area contributed by atoms with Crippen molar-refractivity contribution in [2.75, 3.05) is 13.1 Å². The van der Waals surface area contributed by atoms with Crippen LogP contribution >= 0.6 is 22.9 Å². The zero-order chi connectivity index (χ0) is 13.8. The van der Waals surface area contributed by atoms with Gasteiger partial charge in [0.05, 0.1) is 5.69 Å². The third-order valence-electron chi connectivity index (χ3n) is 3.12. The molecule has 0 amide bonds. The normalized spacial score (nSPS) is 11.2. The first-order chi connectivity index (χ1) is 9.13. The zero-order valence-electron chi connectivity index (χ0n) is 11.1. The summed E-state index contributed by atoms with van der Waals surface area (Å²) in [4.78, 5) is 17.9. The van der Waals surface area contributed by atoms with Crippen LogP contribution in [0.15, 0.2) is 29.1 Å². The standard InChI is InChI=1S/C14H17ClN2OS/c1-3-17(4-2)9-12-13(16-14(18)19-12)10-5-7-11(15)8-6-10/h5-8H,3-4,9H2,1-2H3,(H,16,18). The Morgan fingerprint density at radius 2 is 1.84 bits per heavy atom. The van der Waals surface area contributed by atoms with Gasteiger partial charge < -0.3 is 4.98 Å². The van der Waals surface area contributed by atoms with E-state index in [9.17, 15) is 4.79 Å². The van der Waals surface area contributed by atoms with Crippen molar-refractivity contribution in [1.82, 2.24) is 9.88 Å². The molecule has 19 heavy (non-hydrogen) atoms. The summed E-state index contributed by atoms with van der Waals surface area (Å²) < 4.78 is 0. The lowest BCUT2D eigenvalue weighted by Crippen LogP contribution is -2.21. The van der Waals surface area contributed by atoms with E-state index in [-0.39, 0.29) is 4.87 Å². The lowest BCUT2D eigenvalue weighted by atomic mass is 10.1. The first-order valence-corrected chi connectivity index (χ1v) is 7.53. The second-order valence-electron chi connectivity index (χ2n) is 4.28. The zero-order valence-corrected chi connectivity index (χ0v) is 12.6. The van der Waals surface area contributed by atoms with Gasteiger partial charge in [-0.1, -0.05) is 48.9 Å². The molecule has 3 nitrogen and oxygen atoms in total. The Bertz CT molecular complexity index is 584. The van der Waals surface area contributed by atoms with Crippen molar-refractivity contribution in [2.45, 2.75) is 20.4 Å². The second kappa shape index (κ2) is 6.37. The highest BCUT2D eigenvalue weighted by atomic mass is 35.5. The quantitative estimate of drug-likeness (QED) is 0.915. The average Bonchev–Trinajstić information content (AvgIpc) is 2.77. The van der Waals surface area contributed by atoms with Crippen LogP contribution in [0.1, 0.15) is 18.7 Å². The number of hydrogen-bond donors (Lipinski definition) is 1. The molecule has 1 heterocycles. The van der Waals surface area contributed by atoms with E-state index in [0.29, 0.717) is 5.02 Å². The van der Waals surface area contributed by atoms with Crippen LogP contribution in [0.3, 0.4) is 0 Å². The number of nitrogens with zero attached hydrogens (tertiary/aromatic N) is 1. The second-order valence-corrected chi connectivity index (χ2v) is 5.79. The molecule has 0 aliphatic carbocycles. The van der Waals surface area contributed by atoms with E-state index >= 15 is 0 Å². The van der Waals surface area contributed by atoms with Crippen molar-refractivity contribution in [3.63, 3.8) is 0 Å². The Balaban J connectivity index is 2.35. The molecular weight excluding hydrogens is 280 g/mol. The van der Waals surface area contributed by atoms with Gasteiger partial charge in [-0.3, -0.25) is 9.69 Å². The first-order valence-electron chi connectivity index (χ1n) is 6.34. The van der Waals surface area contributed by atoms with Crippen LogP contribution in [-0.4, -0.2) is 23.0 Å². The number of benzene rings is 1. The van der Waals surface area contributed by atoms with Gasteiger partial charge in [-0.05, 0) is 30.8 Å². The molecule has 0 radical (unpaired) electrons. The molecule has 0 spiro atoms. The Labute approximate surface area is 121 Å². The van der Waals surface area contributed by atoms with Gasteiger partial charge in [0, 0.05) is 16.4 Å². The smallest absolute Gasteiger partial charge is 0.305 e. The van der Waals surface area contributed by atoms with Crippen molar-refractivity contribution in [2.24, 2.45) is 0 Å². The van der Waals surface area contributed by atoms with Gasteiger partial charge in [0.2, 0.25) is 0 Å². The minimum Gasteiger partial charge on any atom is -0.312 e. The Kier molecular flexibility index (Phi) is 4.80. The Morgan fingerprint density at radius 3 is 2.42 bits per heavy atom. The third kappa shape index (κ3) is 3.47. The lowest BCUT2D eigenvalue weighted by Gasteiger charge is -2.17. The van der Waals surface area contributed by atoms with Crippen molar-refractivity contribution < 1.29 is 0 Å². The number of halogens is 1. The molecule has 1 N–H and O–H groups in total. The van der Waals surface area contributed by atoms with Crippen molar-refractivity contribution >= 4 is 22.9 Å². The molecule has 102 valence electrons. The van der Waals surface area contributed by atoms with Gasteiger partial charge in [-0.25, -0.2) is 0 Å². The summed E-state index contributed by atoms with van der Waals surface area (Å²) in [5.74, 6) is 0. The number of aromatic nitrogens is 1. The van der Waals surface area contributed by atoms with Gasteiger partial charge in [0.15, 0.2) is 0 Å². The summed E-state index contributed by atoms with van der Waals surface area (Å²) >= 11 is 7.18. The Morgan fingerprint density at radius 1 is 1.21 bits per heavy atom. The molecule has 0 bridgehead atoms. The van der Waals surface area contributed by atoms with Crippen LogP contribution in [0.4, 0.5) is 0 Å². The van der Waals surface area contributed by atoms with E-state index in [1.54, 1.807) is 0 Å². The molecule has 2 rings (SSSR count). The highest BCUT2D eigenvalue weighted by molar-refractivity contribution is 7.09. The monoisotopic (exact) mass is 296 g/mol. The average molecular weight is 297 g/mol. The fourth-order valence-electron chi connectivity index (χ4n) is 1.97. The lowest BCUT2D eigenvalue weighted by molar-refractivity contribution is 0.298. The molecule has 0 atom stereocenters. The van der Waals surface area contributed by atoms with Crippen molar-refractivity contribution in [3.8, 4) is 11.3 Å². The predicted molar refractivity (Wildman–Crippen MR) is 82.0 cm³/mol. The van der Waals surface area contributed by atoms with Crippen LogP contribution in [-0.2, 0) is 6.54 Å². The molecule has 0 aliphatic heterocycles. The van der Waals surface area contributed by atoms with E-state index in [0.717, 1.165) is 35.8 Å². The molecule has 0 saturated carbocycles. The first kappa shape index (κ1) is 14.3. The fourth-order valence-corrected chi connectivity index (χ4v) is 2.99. The fraction of sp³-hybridized carbons (Fsp3) is 0.357. The maximum absolute atomic E-state index is 11.6. The number of rotatable bonds is 5. The van der Waals surface area contributed by atoms with E-state index in [4.69, 9.17) is 11.6 Å². The summed E-state index contributed by atoms with van der Waals surface area (Å²) in [7, 11) is 0. The summed E-state index contributed by atoms with van der Waals surface area (Å²) in [6, 6.07) is 7.56. The highest BCUT2D eigenvalue weighted by Gasteiger charge is 2.12.